The second-order valence-corrected chi connectivity index (χ2v) is 6.23. The Morgan fingerprint density at radius 1 is 1.21 bits per heavy atom. The molecule has 1 fully saturated rings. The Labute approximate surface area is 120 Å². The predicted molar refractivity (Wildman–Crippen MR) is 77.7 cm³/mol. The van der Waals surface area contributed by atoms with Gasteiger partial charge in [-0.3, -0.25) is 0 Å². The van der Waals surface area contributed by atoms with E-state index in [4.69, 9.17) is 20.9 Å². The van der Waals surface area contributed by atoms with Crippen molar-refractivity contribution in [1.82, 2.24) is 10.3 Å². The summed E-state index contributed by atoms with van der Waals surface area (Å²) < 4.78 is 11.9. The van der Waals surface area contributed by atoms with E-state index in [1.165, 1.54) is 0 Å². The topological polar surface area (TPSA) is 43.4 Å². The molecule has 1 aromatic heterocycles. The van der Waals surface area contributed by atoms with E-state index < -0.39 is 7.12 Å². The van der Waals surface area contributed by atoms with Crippen molar-refractivity contribution in [2.45, 2.75) is 45.4 Å². The molecule has 19 heavy (non-hydrogen) atoms. The highest BCUT2D eigenvalue weighted by atomic mass is 35.5. The lowest BCUT2D eigenvalue weighted by molar-refractivity contribution is 0.00578. The third-order valence-corrected chi connectivity index (χ3v) is 3.94. The fraction of sp³-hybridized carbons (Fsp3) is 0.615. The molecule has 0 radical (unpaired) electrons. The Morgan fingerprint density at radius 2 is 1.79 bits per heavy atom. The Bertz CT molecular complexity index is 464. The van der Waals surface area contributed by atoms with Gasteiger partial charge in [0.15, 0.2) is 0 Å². The molecule has 0 unspecified atom stereocenters. The van der Waals surface area contributed by atoms with Gasteiger partial charge in [-0.15, -0.1) is 0 Å². The molecular formula is C13H20BClN2O2. The van der Waals surface area contributed by atoms with Crippen LogP contribution >= 0.6 is 11.6 Å². The molecule has 1 N–H and O–H groups in total. The van der Waals surface area contributed by atoms with Crippen molar-refractivity contribution in [3.63, 3.8) is 0 Å². The van der Waals surface area contributed by atoms with Gasteiger partial charge in [-0.2, -0.15) is 0 Å². The molecule has 6 heteroatoms. The number of pyridine rings is 1. The van der Waals surface area contributed by atoms with Gasteiger partial charge in [-0.1, -0.05) is 11.6 Å². The molecule has 0 amide bonds. The van der Waals surface area contributed by atoms with Crippen LogP contribution in [0.25, 0.3) is 0 Å². The van der Waals surface area contributed by atoms with Crippen molar-refractivity contribution < 1.29 is 9.31 Å². The fourth-order valence-corrected chi connectivity index (χ4v) is 2.20. The summed E-state index contributed by atoms with van der Waals surface area (Å²) in [5, 5.41) is 3.55. The van der Waals surface area contributed by atoms with Crippen molar-refractivity contribution in [3.8, 4) is 0 Å². The van der Waals surface area contributed by atoms with Crippen molar-refractivity contribution >= 4 is 24.3 Å². The van der Waals surface area contributed by atoms with Crippen LogP contribution in [0.2, 0.25) is 5.15 Å². The highest BCUT2D eigenvalue weighted by Gasteiger charge is 2.52. The van der Waals surface area contributed by atoms with Crippen LogP contribution in [-0.4, -0.2) is 30.4 Å². The molecule has 1 saturated heterocycles. The van der Waals surface area contributed by atoms with Crippen molar-refractivity contribution in [1.29, 1.82) is 0 Å². The van der Waals surface area contributed by atoms with E-state index in [0.717, 1.165) is 17.7 Å². The third-order valence-electron chi connectivity index (χ3n) is 3.75. The van der Waals surface area contributed by atoms with Crippen LogP contribution in [0.4, 0.5) is 0 Å². The van der Waals surface area contributed by atoms with Crippen LogP contribution in [-0.2, 0) is 15.9 Å². The van der Waals surface area contributed by atoms with Crippen LogP contribution in [0.3, 0.4) is 0 Å². The lowest BCUT2D eigenvalue weighted by atomic mass is 9.83. The number of nitrogens with zero attached hydrogens (tertiary/aromatic N) is 1. The standard InChI is InChI=1S/C13H20BClN2O2/c1-12(2)13(3,4)19-14(18-12)10-6-9(8-16-5)7-11(15)17-10/h6-7,16H,8H2,1-5H3. The smallest absolute Gasteiger partial charge is 0.398 e. The molecule has 0 spiro atoms. The van der Waals surface area contributed by atoms with E-state index in [2.05, 4.69) is 10.3 Å². The van der Waals surface area contributed by atoms with Crippen LogP contribution < -0.4 is 10.9 Å². The Morgan fingerprint density at radius 3 is 2.32 bits per heavy atom. The van der Waals surface area contributed by atoms with Crippen LogP contribution in [0.5, 0.6) is 0 Å². The molecule has 0 atom stereocenters. The fourth-order valence-electron chi connectivity index (χ4n) is 1.96. The molecule has 2 heterocycles. The minimum Gasteiger partial charge on any atom is -0.398 e. The SMILES string of the molecule is CNCc1cc(Cl)nc(B2OC(C)(C)C(C)(C)O2)c1. The molecule has 1 aliphatic heterocycles. The van der Waals surface area contributed by atoms with Gasteiger partial charge in [0, 0.05) is 6.54 Å². The molecular weight excluding hydrogens is 262 g/mol. The minimum absolute atomic E-state index is 0.370. The van der Waals surface area contributed by atoms with E-state index in [1.54, 1.807) is 0 Å². The molecule has 104 valence electrons. The lowest BCUT2D eigenvalue weighted by Gasteiger charge is -2.32. The molecule has 4 nitrogen and oxygen atoms in total. The first-order valence-electron chi connectivity index (χ1n) is 6.42. The zero-order valence-electron chi connectivity index (χ0n) is 12.1. The van der Waals surface area contributed by atoms with E-state index >= 15 is 0 Å². The minimum atomic E-state index is -0.473. The number of halogens is 1. The van der Waals surface area contributed by atoms with Crippen LogP contribution in [0.1, 0.15) is 33.3 Å². The van der Waals surface area contributed by atoms with Crippen molar-refractivity contribution in [2.75, 3.05) is 7.05 Å². The molecule has 0 aromatic carbocycles. The first kappa shape index (κ1) is 14.8. The van der Waals surface area contributed by atoms with Gasteiger partial charge in [0.2, 0.25) is 0 Å². The van der Waals surface area contributed by atoms with Crippen molar-refractivity contribution in [2.24, 2.45) is 0 Å². The average Bonchev–Trinajstić information content (AvgIpc) is 2.48. The summed E-state index contributed by atoms with van der Waals surface area (Å²) in [6.07, 6.45) is 0. The summed E-state index contributed by atoms with van der Waals surface area (Å²) in [6, 6.07) is 3.80. The monoisotopic (exact) mass is 282 g/mol. The molecule has 1 aromatic rings. The van der Waals surface area contributed by atoms with Crippen molar-refractivity contribution in [3.05, 3.63) is 22.8 Å². The maximum atomic E-state index is 6.06. The van der Waals surface area contributed by atoms with E-state index in [-0.39, 0.29) is 11.2 Å². The molecule has 0 saturated carbocycles. The van der Waals surface area contributed by atoms with Gasteiger partial charge in [-0.25, -0.2) is 4.98 Å². The zero-order valence-corrected chi connectivity index (χ0v) is 12.8. The van der Waals surface area contributed by atoms with Gasteiger partial charge >= 0.3 is 7.12 Å². The van der Waals surface area contributed by atoms with Gasteiger partial charge in [0.25, 0.3) is 0 Å². The van der Waals surface area contributed by atoms with E-state index in [1.807, 2.05) is 46.9 Å². The summed E-state index contributed by atoms with van der Waals surface area (Å²) in [5.41, 5.74) is 1.04. The van der Waals surface area contributed by atoms with Crippen LogP contribution in [0.15, 0.2) is 12.1 Å². The Kier molecular flexibility index (Phi) is 3.93. The summed E-state index contributed by atoms with van der Waals surface area (Å²) in [7, 11) is 1.42. The Balaban J connectivity index is 2.29. The number of hydrogen-bond donors (Lipinski definition) is 1. The zero-order chi connectivity index (χ0) is 14.3. The summed E-state index contributed by atoms with van der Waals surface area (Å²) in [4.78, 5) is 4.32. The number of nitrogens with one attached hydrogen (secondary N) is 1. The Hall–Kier alpha value is -0.615. The van der Waals surface area contributed by atoms with Gasteiger partial charge in [0.1, 0.15) is 5.15 Å². The maximum absolute atomic E-state index is 6.06. The van der Waals surface area contributed by atoms with E-state index in [9.17, 15) is 0 Å². The predicted octanol–water partition coefficient (Wildman–Crippen LogP) is 1.75. The van der Waals surface area contributed by atoms with Gasteiger partial charge < -0.3 is 14.6 Å². The van der Waals surface area contributed by atoms with E-state index in [0.29, 0.717) is 5.15 Å². The maximum Gasteiger partial charge on any atom is 0.514 e. The normalized spacial score (nSPS) is 20.8. The number of aromatic nitrogens is 1. The quantitative estimate of drug-likeness (QED) is 0.678. The van der Waals surface area contributed by atoms with Gasteiger partial charge in [-0.05, 0) is 52.4 Å². The summed E-state index contributed by atoms with van der Waals surface area (Å²) in [6.45, 7) is 8.81. The molecule has 2 rings (SSSR count). The average molecular weight is 283 g/mol. The molecule has 0 aliphatic carbocycles. The summed E-state index contributed by atoms with van der Waals surface area (Å²) in [5.74, 6) is 0. The second-order valence-electron chi connectivity index (χ2n) is 5.84. The largest absolute Gasteiger partial charge is 0.514 e. The highest BCUT2D eigenvalue weighted by Crippen LogP contribution is 2.36. The third kappa shape index (κ3) is 2.94. The molecule has 0 bridgehead atoms. The molecule has 1 aliphatic rings. The highest BCUT2D eigenvalue weighted by molar-refractivity contribution is 6.61. The lowest BCUT2D eigenvalue weighted by Crippen LogP contribution is -2.41. The first-order chi connectivity index (χ1) is 8.75. The van der Waals surface area contributed by atoms with Gasteiger partial charge in [0.05, 0.1) is 16.8 Å². The first-order valence-corrected chi connectivity index (χ1v) is 6.79. The second kappa shape index (κ2) is 5.06. The number of rotatable bonds is 3. The van der Waals surface area contributed by atoms with Crippen LogP contribution in [0, 0.1) is 0 Å². The number of hydrogen-bond acceptors (Lipinski definition) is 4. The summed E-state index contributed by atoms with van der Waals surface area (Å²) >= 11 is 6.06.